The van der Waals surface area contributed by atoms with Gasteiger partial charge in [-0.3, -0.25) is 0 Å². The van der Waals surface area contributed by atoms with Crippen molar-refractivity contribution < 1.29 is 4.39 Å². The molecule has 0 aliphatic carbocycles. The molecule has 23 heavy (non-hydrogen) atoms. The highest BCUT2D eigenvalue weighted by Gasteiger charge is 2.15. The second-order valence-electron chi connectivity index (χ2n) is 5.88. The lowest BCUT2D eigenvalue weighted by molar-refractivity contribution is 0.479. The van der Waals surface area contributed by atoms with Crippen LogP contribution in [0.15, 0.2) is 42.6 Å². The monoisotopic (exact) mass is 327 g/mol. The van der Waals surface area contributed by atoms with Gasteiger partial charge in [0, 0.05) is 33.7 Å². The molecule has 3 nitrogen and oxygen atoms in total. The predicted molar refractivity (Wildman–Crippen MR) is 94.5 cm³/mol. The third-order valence-electron chi connectivity index (χ3n) is 4.21. The van der Waals surface area contributed by atoms with Gasteiger partial charge in [0.2, 0.25) is 0 Å². The van der Waals surface area contributed by atoms with E-state index in [1.54, 1.807) is 11.3 Å². The maximum Gasteiger partial charge on any atom is 0.134 e. The van der Waals surface area contributed by atoms with E-state index in [4.69, 9.17) is 0 Å². The number of aromatic nitrogens is 1. The second kappa shape index (κ2) is 6.26. The van der Waals surface area contributed by atoms with E-state index in [0.717, 1.165) is 34.7 Å². The van der Waals surface area contributed by atoms with Gasteiger partial charge in [-0.2, -0.15) is 0 Å². The largest absolute Gasteiger partial charge is 0.366 e. The molecule has 2 N–H and O–H groups in total. The first-order chi connectivity index (χ1) is 11.3. The molecule has 118 valence electrons. The van der Waals surface area contributed by atoms with Crippen molar-refractivity contribution in [3.63, 3.8) is 0 Å². The molecule has 1 fully saturated rings. The first-order valence-corrected chi connectivity index (χ1v) is 8.73. The maximum absolute atomic E-state index is 13.1. The summed E-state index contributed by atoms with van der Waals surface area (Å²) in [5.74, 6) is 0.740. The van der Waals surface area contributed by atoms with Crippen LogP contribution in [-0.2, 0) is 0 Å². The van der Waals surface area contributed by atoms with E-state index in [1.165, 1.54) is 29.7 Å². The lowest BCUT2D eigenvalue weighted by atomic mass is 10.1. The summed E-state index contributed by atoms with van der Waals surface area (Å²) in [7, 11) is 0. The quantitative estimate of drug-likeness (QED) is 0.754. The van der Waals surface area contributed by atoms with E-state index in [1.807, 2.05) is 24.4 Å². The topological polar surface area (TPSA) is 37.0 Å². The van der Waals surface area contributed by atoms with Gasteiger partial charge in [0.25, 0.3) is 0 Å². The first kappa shape index (κ1) is 14.6. The van der Waals surface area contributed by atoms with Crippen LogP contribution in [0.3, 0.4) is 0 Å². The number of halogens is 1. The minimum atomic E-state index is -0.205. The third-order valence-corrected chi connectivity index (χ3v) is 5.36. The Balaban J connectivity index is 1.67. The van der Waals surface area contributed by atoms with Crippen molar-refractivity contribution in [1.82, 2.24) is 10.3 Å². The highest BCUT2D eigenvalue weighted by molar-refractivity contribution is 7.22. The van der Waals surface area contributed by atoms with E-state index >= 15 is 0 Å². The summed E-state index contributed by atoms with van der Waals surface area (Å²) in [5, 5.41) is 8.13. The smallest absolute Gasteiger partial charge is 0.134 e. The van der Waals surface area contributed by atoms with Gasteiger partial charge in [0.1, 0.15) is 11.6 Å². The molecule has 0 spiro atoms. The minimum Gasteiger partial charge on any atom is -0.366 e. The molecule has 1 saturated heterocycles. The molecule has 0 bridgehead atoms. The van der Waals surface area contributed by atoms with E-state index < -0.39 is 0 Å². The van der Waals surface area contributed by atoms with Gasteiger partial charge >= 0.3 is 0 Å². The van der Waals surface area contributed by atoms with Crippen LogP contribution in [0, 0.1) is 5.82 Å². The standard InChI is InChI=1S/C18H18FN3S/c19-13-5-3-12(4-6-13)17-10-15-16(23-17)7-9-21-18(15)22-14-2-1-8-20-11-14/h3-7,9-10,14,20H,1-2,8,11H2,(H,21,22)/t14-/m0/s1. The molecule has 0 amide bonds. The Bertz CT molecular complexity index is 807. The fourth-order valence-electron chi connectivity index (χ4n) is 3.00. The van der Waals surface area contributed by atoms with Gasteiger partial charge in [-0.15, -0.1) is 11.3 Å². The van der Waals surface area contributed by atoms with Crippen LogP contribution in [0.1, 0.15) is 12.8 Å². The molecule has 1 aliphatic heterocycles. The predicted octanol–water partition coefficient (Wildman–Crippen LogP) is 4.27. The summed E-state index contributed by atoms with van der Waals surface area (Å²) >= 11 is 1.71. The van der Waals surface area contributed by atoms with Crippen molar-refractivity contribution in [2.24, 2.45) is 0 Å². The van der Waals surface area contributed by atoms with E-state index in [0.29, 0.717) is 6.04 Å². The number of nitrogens with one attached hydrogen (secondary N) is 2. The Morgan fingerprint density at radius 2 is 2.09 bits per heavy atom. The Hall–Kier alpha value is -1.98. The molecular weight excluding hydrogens is 309 g/mol. The molecule has 5 heteroatoms. The lowest BCUT2D eigenvalue weighted by Crippen LogP contribution is -2.38. The Kier molecular flexibility index (Phi) is 3.97. The van der Waals surface area contributed by atoms with Crippen molar-refractivity contribution in [2.45, 2.75) is 18.9 Å². The number of pyridine rings is 1. The molecule has 3 aromatic rings. The molecular formula is C18H18FN3S. The van der Waals surface area contributed by atoms with Crippen LogP contribution in [0.4, 0.5) is 10.2 Å². The van der Waals surface area contributed by atoms with Gasteiger partial charge in [0.15, 0.2) is 0 Å². The Labute approximate surface area is 138 Å². The van der Waals surface area contributed by atoms with Gasteiger partial charge in [0.05, 0.1) is 0 Å². The first-order valence-electron chi connectivity index (χ1n) is 7.91. The average molecular weight is 327 g/mol. The fraction of sp³-hybridized carbons (Fsp3) is 0.278. The summed E-state index contributed by atoms with van der Waals surface area (Å²) < 4.78 is 14.3. The highest BCUT2D eigenvalue weighted by Crippen LogP contribution is 2.36. The number of thiophene rings is 1. The third kappa shape index (κ3) is 3.07. The van der Waals surface area contributed by atoms with Gasteiger partial charge < -0.3 is 10.6 Å². The number of rotatable bonds is 3. The normalized spacial score (nSPS) is 18.2. The summed E-state index contributed by atoms with van der Waals surface area (Å²) in [6.07, 6.45) is 4.21. The highest BCUT2D eigenvalue weighted by atomic mass is 32.1. The van der Waals surface area contributed by atoms with Crippen molar-refractivity contribution in [2.75, 3.05) is 18.4 Å². The van der Waals surface area contributed by atoms with Gasteiger partial charge in [-0.05, 0) is 49.2 Å². The summed E-state index contributed by atoms with van der Waals surface area (Å²) in [6.45, 7) is 2.08. The Morgan fingerprint density at radius 1 is 1.22 bits per heavy atom. The zero-order chi connectivity index (χ0) is 15.6. The number of benzene rings is 1. The number of anilines is 1. The van der Waals surface area contributed by atoms with Crippen molar-refractivity contribution in [1.29, 1.82) is 0 Å². The summed E-state index contributed by atoms with van der Waals surface area (Å²) in [6, 6.07) is 11.3. The molecule has 0 saturated carbocycles. The van der Waals surface area contributed by atoms with Crippen molar-refractivity contribution in [3.05, 3.63) is 48.4 Å². The van der Waals surface area contributed by atoms with E-state index in [-0.39, 0.29) is 5.82 Å². The zero-order valence-electron chi connectivity index (χ0n) is 12.7. The number of nitrogens with zero attached hydrogens (tertiary/aromatic N) is 1. The number of hydrogen-bond donors (Lipinski definition) is 2. The van der Waals surface area contributed by atoms with E-state index in [9.17, 15) is 4.39 Å². The molecule has 1 aromatic carbocycles. The summed E-state index contributed by atoms with van der Waals surface area (Å²) in [5.41, 5.74) is 1.04. The molecule has 1 atom stereocenters. The SMILES string of the molecule is Fc1ccc(-c2cc3c(N[C@H]4CCCNC4)nccc3s2)cc1. The molecule has 0 unspecified atom stereocenters. The number of piperidine rings is 1. The van der Waals surface area contributed by atoms with Crippen LogP contribution in [-0.4, -0.2) is 24.1 Å². The van der Waals surface area contributed by atoms with Crippen LogP contribution in [0.5, 0.6) is 0 Å². The minimum absolute atomic E-state index is 0.205. The molecule has 2 aromatic heterocycles. The lowest BCUT2D eigenvalue weighted by Gasteiger charge is -2.24. The van der Waals surface area contributed by atoms with Crippen LogP contribution in [0.2, 0.25) is 0 Å². The number of hydrogen-bond acceptors (Lipinski definition) is 4. The summed E-state index contributed by atoms with van der Waals surface area (Å²) in [4.78, 5) is 5.67. The Morgan fingerprint density at radius 3 is 2.87 bits per heavy atom. The molecule has 3 heterocycles. The fourth-order valence-corrected chi connectivity index (χ4v) is 4.06. The van der Waals surface area contributed by atoms with Crippen molar-refractivity contribution in [3.8, 4) is 10.4 Å². The maximum atomic E-state index is 13.1. The molecule has 1 aliphatic rings. The van der Waals surface area contributed by atoms with Crippen LogP contribution < -0.4 is 10.6 Å². The molecule has 0 radical (unpaired) electrons. The van der Waals surface area contributed by atoms with Crippen LogP contribution >= 0.6 is 11.3 Å². The van der Waals surface area contributed by atoms with Gasteiger partial charge in [-0.25, -0.2) is 9.37 Å². The second-order valence-corrected chi connectivity index (χ2v) is 6.96. The molecule has 4 rings (SSSR count). The van der Waals surface area contributed by atoms with Gasteiger partial charge in [-0.1, -0.05) is 12.1 Å². The van der Waals surface area contributed by atoms with Crippen molar-refractivity contribution >= 4 is 27.2 Å². The average Bonchev–Trinajstić information content (AvgIpc) is 3.02. The van der Waals surface area contributed by atoms with E-state index in [2.05, 4.69) is 21.7 Å². The zero-order valence-corrected chi connectivity index (χ0v) is 13.5. The number of fused-ring (bicyclic) bond motifs is 1. The van der Waals surface area contributed by atoms with Crippen LogP contribution in [0.25, 0.3) is 20.5 Å².